The number of esters is 1. The van der Waals surface area contributed by atoms with Gasteiger partial charge in [-0.1, -0.05) is 0 Å². The number of hydrogen-bond acceptors (Lipinski definition) is 4. The quantitative estimate of drug-likeness (QED) is 0.645. The van der Waals surface area contributed by atoms with E-state index in [1.54, 1.807) is 6.07 Å². The molecule has 1 fully saturated rings. The summed E-state index contributed by atoms with van der Waals surface area (Å²) in [6.45, 7) is 3.17. The molecule has 1 aliphatic rings. The highest BCUT2D eigenvalue weighted by atomic mass is 16.5. The number of benzene rings is 1. The molecular weight excluding hydrogens is 228 g/mol. The van der Waals surface area contributed by atoms with E-state index in [0.29, 0.717) is 17.3 Å². The summed E-state index contributed by atoms with van der Waals surface area (Å²) in [6, 6.07) is 5.90. The van der Waals surface area contributed by atoms with Gasteiger partial charge in [0.25, 0.3) is 0 Å². The topological polar surface area (TPSA) is 55.6 Å². The van der Waals surface area contributed by atoms with Crippen molar-refractivity contribution in [3.8, 4) is 0 Å². The molecule has 0 spiro atoms. The third-order valence-corrected chi connectivity index (χ3v) is 3.54. The van der Waals surface area contributed by atoms with Crippen LogP contribution in [0.1, 0.15) is 36.5 Å². The first-order valence-corrected chi connectivity index (χ1v) is 6.38. The van der Waals surface area contributed by atoms with E-state index in [2.05, 4.69) is 11.8 Å². The van der Waals surface area contributed by atoms with E-state index < -0.39 is 0 Å². The number of rotatable bonds is 2. The molecule has 0 bridgehead atoms. The highest BCUT2D eigenvalue weighted by Gasteiger charge is 2.23. The Morgan fingerprint density at radius 2 is 2.22 bits per heavy atom. The van der Waals surface area contributed by atoms with E-state index in [-0.39, 0.29) is 5.97 Å². The number of nitrogens with two attached hydrogens (primary N) is 1. The average Bonchev–Trinajstić information content (AvgIpc) is 2.39. The number of nitrogen functional groups attached to an aromatic ring is 1. The summed E-state index contributed by atoms with van der Waals surface area (Å²) >= 11 is 0. The molecule has 1 aromatic rings. The number of piperidine rings is 1. The SMILES string of the molecule is COC(=O)c1cc(N)ccc1N1CCCCC1C. The van der Waals surface area contributed by atoms with Crippen molar-refractivity contribution in [1.29, 1.82) is 0 Å². The Morgan fingerprint density at radius 1 is 1.44 bits per heavy atom. The molecule has 1 saturated heterocycles. The Morgan fingerprint density at radius 3 is 2.89 bits per heavy atom. The molecule has 1 heterocycles. The van der Waals surface area contributed by atoms with Crippen molar-refractivity contribution in [2.45, 2.75) is 32.2 Å². The van der Waals surface area contributed by atoms with Crippen molar-refractivity contribution in [2.75, 3.05) is 24.3 Å². The Hall–Kier alpha value is -1.71. The molecule has 4 nitrogen and oxygen atoms in total. The summed E-state index contributed by atoms with van der Waals surface area (Å²) in [6.07, 6.45) is 3.57. The molecule has 1 unspecified atom stereocenters. The van der Waals surface area contributed by atoms with Gasteiger partial charge in [-0.2, -0.15) is 0 Å². The predicted molar refractivity (Wildman–Crippen MR) is 72.9 cm³/mol. The fourth-order valence-electron chi connectivity index (χ4n) is 2.53. The first kappa shape index (κ1) is 12.7. The zero-order chi connectivity index (χ0) is 13.1. The lowest BCUT2D eigenvalue weighted by molar-refractivity contribution is 0.0601. The van der Waals surface area contributed by atoms with Crippen LogP contribution >= 0.6 is 0 Å². The lowest BCUT2D eigenvalue weighted by atomic mass is 10.0. The molecule has 1 aliphatic heterocycles. The average molecular weight is 248 g/mol. The number of hydrogen-bond donors (Lipinski definition) is 1. The van der Waals surface area contributed by atoms with Crippen LogP contribution in [0.25, 0.3) is 0 Å². The van der Waals surface area contributed by atoms with Gasteiger partial charge >= 0.3 is 5.97 Å². The summed E-state index contributed by atoms with van der Waals surface area (Å²) < 4.78 is 4.84. The van der Waals surface area contributed by atoms with Crippen LogP contribution in [0.4, 0.5) is 11.4 Å². The molecule has 1 aromatic carbocycles. The van der Waals surface area contributed by atoms with Crippen LogP contribution < -0.4 is 10.6 Å². The largest absolute Gasteiger partial charge is 0.465 e. The number of ether oxygens (including phenoxy) is 1. The number of methoxy groups -OCH3 is 1. The van der Waals surface area contributed by atoms with Crippen molar-refractivity contribution in [3.63, 3.8) is 0 Å². The van der Waals surface area contributed by atoms with Gasteiger partial charge in [-0.25, -0.2) is 4.79 Å². The minimum absolute atomic E-state index is 0.324. The number of carbonyl (C=O) groups is 1. The molecule has 0 saturated carbocycles. The van der Waals surface area contributed by atoms with Crippen molar-refractivity contribution < 1.29 is 9.53 Å². The fourth-order valence-corrected chi connectivity index (χ4v) is 2.53. The highest BCUT2D eigenvalue weighted by molar-refractivity contribution is 5.97. The van der Waals surface area contributed by atoms with Crippen molar-refractivity contribution in [3.05, 3.63) is 23.8 Å². The summed E-state index contributed by atoms with van der Waals surface area (Å²) in [4.78, 5) is 14.1. The van der Waals surface area contributed by atoms with Gasteiger partial charge in [0.15, 0.2) is 0 Å². The van der Waals surface area contributed by atoms with Crippen molar-refractivity contribution >= 4 is 17.3 Å². The van der Waals surface area contributed by atoms with Gasteiger partial charge in [-0.3, -0.25) is 0 Å². The van der Waals surface area contributed by atoms with Crippen LogP contribution in [-0.2, 0) is 4.74 Å². The number of carbonyl (C=O) groups excluding carboxylic acids is 1. The lowest BCUT2D eigenvalue weighted by Gasteiger charge is -2.36. The summed E-state index contributed by atoms with van der Waals surface area (Å²) in [5.74, 6) is -0.324. The van der Waals surface area contributed by atoms with E-state index in [0.717, 1.165) is 25.1 Å². The Kier molecular flexibility index (Phi) is 3.75. The maximum absolute atomic E-state index is 11.8. The summed E-state index contributed by atoms with van der Waals surface area (Å²) in [5, 5.41) is 0. The van der Waals surface area contributed by atoms with Gasteiger partial charge in [-0.05, 0) is 44.4 Å². The van der Waals surface area contributed by atoms with E-state index in [9.17, 15) is 4.79 Å². The Bertz CT molecular complexity index is 445. The zero-order valence-electron chi connectivity index (χ0n) is 11.0. The maximum atomic E-state index is 11.8. The van der Waals surface area contributed by atoms with E-state index >= 15 is 0 Å². The second-order valence-corrected chi connectivity index (χ2v) is 4.81. The molecular formula is C14H20N2O2. The van der Waals surface area contributed by atoms with Crippen molar-refractivity contribution in [1.82, 2.24) is 0 Å². The van der Waals surface area contributed by atoms with Gasteiger partial charge in [0.2, 0.25) is 0 Å². The van der Waals surface area contributed by atoms with Gasteiger partial charge in [0, 0.05) is 18.3 Å². The Balaban J connectivity index is 2.39. The lowest BCUT2D eigenvalue weighted by Crippen LogP contribution is -2.38. The zero-order valence-corrected chi connectivity index (χ0v) is 11.0. The smallest absolute Gasteiger partial charge is 0.340 e. The second kappa shape index (κ2) is 5.29. The first-order chi connectivity index (χ1) is 8.63. The third kappa shape index (κ3) is 2.42. The summed E-state index contributed by atoms with van der Waals surface area (Å²) in [5.41, 5.74) is 7.84. The second-order valence-electron chi connectivity index (χ2n) is 4.81. The molecule has 98 valence electrons. The van der Waals surface area contributed by atoms with Crippen LogP contribution in [0.15, 0.2) is 18.2 Å². The van der Waals surface area contributed by atoms with Crippen LogP contribution in [0.5, 0.6) is 0 Å². The van der Waals surface area contributed by atoms with Gasteiger partial charge in [-0.15, -0.1) is 0 Å². The van der Waals surface area contributed by atoms with Gasteiger partial charge < -0.3 is 15.4 Å². The van der Waals surface area contributed by atoms with Crippen LogP contribution in [0.3, 0.4) is 0 Å². The molecule has 2 rings (SSSR count). The maximum Gasteiger partial charge on any atom is 0.340 e. The molecule has 0 aromatic heterocycles. The fraction of sp³-hybridized carbons (Fsp3) is 0.500. The van der Waals surface area contributed by atoms with Gasteiger partial charge in [0.05, 0.1) is 18.4 Å². The monoisotopic (exact) mass is 248 g/mol. The van der Waals surface area contributed by atoms with Crippen LogP contribution in [-0.4, -0.2) is 25.7 Å². The van der Waals surface area contributed by atoms with E-state index in [1.807, 2.05) is 12.1 Å². The molecule has 4 heteroatoms. The van der Waals surface area contributed by atoms with Crippen molar-refractivity contribution in [2.24, 2.45) is 0 Å². The highest BCUT2D eigenvalue weighted by Crippen LogP contribution is 2.29. The molecule has 1 atom stereocenters. The molecule has 2 N–H and O–H groups in total. The minimum atomic E-state index is -0.324. The number of anilines is 2. The van der Waals surface area contributed by atoms with Crippen LogP contribution in [0, 0.1) is 0 Å². The third-order valence-electron chi connectivity index (χ3n) is 3.54. The molecule has 0 amide bonds. The molecule has 0 radical (unpaired) electrons. The normalized spacial score (nSPS) is 19.7. The molecule has 18 heavy (non-hydrogen) atoms. The summed E-state index contributed by atoms with van der Waals surface area (Å²) in [7, 11) is 1.40. The van der Waals surface area contributed by atoms with Gasteiger partial charge in [0.1, 0.15) is 0 Å². The van der Waals surface area contributed by atoms with E-state index in [1.165, 1.54) is 13.5 Å². The standard InChI is InChI=1S/C14H20N2O2/c1-10-5-3-4-8-16(10)13-7-6-11(15)9-12(13)14(17)18-2/h6-7,9-10H,3-5,8,15H2,1-2H3. The predicted octanol–water partition coefficient (Wildman–Crippen LogP) is 2.43. The first-order valence-electron chi connectivity index (χ1n) is 6.38. The minimum Gasteiger partial charge on any atom is -0.465 e. The van der Waals surface area contributed by atoms with Crippen LogP contribution in [0.2, 0.25) is 0 Å². The van der Waals surface area contributed by atoms with E-state index in [4.69, 9.17) is 10.5 Å². The Labute approximate surface area is 108 Å². The molecule has 0 aliphatic carbocycles. The number of nitrogens with zero attached hydrogens (tertiary/aromatic N) is 1.